The fourth-order valence-corrected chi connectivity index (χ4v) is 3.50. The van der Waals surface area contributed by atoms with E-state index in [2.05, 4.69) is 57.7 Å². The lowest BCUT2D eigenvalue weighted by molar-refractivity contribution is 0.172. The molecule has 1 aromatic carbocycles. The highest BCUT2D eigenvalue weighted by Crippen LogP contribution is 2.31. The summed E-state index contributed by atoms with van der Waals surface area (Å²) in [6, 6.07) is 7.97. The molecule has 0 saturated carbocycles. The predicted octanol–water partition coefficient (Wildman–Crippen LogP) is 4.96. The first-order valence-corrected chi connectivity index (χ1v) is 8.39. The largest absolute Gasteiger partial charge is 0.301 e. The Morgan fingerprint density at radius 2 is 1.75 bits per heavy atom. The highest BCUT2D eigenvalue weighted by molar-refractivity contribution is 5.36. The number of piperidine rings is 1. The van der Waals surface area contributed by atoms with Gasteiger partial charge in [-0.1, -0.05) is 39.0 Å². The van der Waals surface area contributed by atoms with Gasteiger partial charge in [0, 0.05) is 6.04 Å². The van der Waals surface area contributed by atoms with Gasteiger partial charge >= 0.3 is 0 Å². The van der Waals surface area contributed by atoms with E-state index in [1.54, 1.807) is 11.1 Å². The second-order valence-corrected chi connectivity index (χ2v) is 6.87. The first-order valence-electron chi connectivity index (χ1n) is 8.39. The Bertz CT molecular complexity index is 425. The second-order valence-electron chi connectivity index (χ2n) is 6.87. The van der Waals surface area contributed by atoms with Crippen LogP contribution in [-0.4, -0.2) is 24.0 Å². The highest BCUT2D eigenvalue weighted by Gasteiger charge is 2.22. The number of benzene rings is 1. The van der Waals surface area contributed by atoms with Crippen LogP contribution in [0.2, 0.25) is 0 Å². The summed E-state index contributed by atoms with van der Waals surface area (Å²) < 4.78 is 0. The molecule has 0 radical (unpaired) electrons. The Morgan fingerprint density at radius 3 is 2.25 bits per heavy atom. The average Bonchev–Trinajstić information content (AvgIpc) is 2.46. The molecule has 0 unspecified atom stereocenters. The monoisotopic (exact) mass is 273 g/mol. The van der Waals surface area contributed by atoms with Crippen LogP contribution in [0.25, 0.3) is 0 Å². The summed E-state index contributed by atoms with van der Waals surface area (Å²) in [6.45, 7) is 14.0. The van der Waals surface area contributed by atoms with Crippen LogP contribution in [-0.2, 0) is 6.42 Å². The van der Waals surface area contributed by atoms with Crippen molar-refractivity contribution < 1.29 is 0 Å². The van der Waals surface area contributed by atoms with Crippen LogP contribution in [0.4, 0.5) is 0 Å². The average molecular weight is 273 g/mol. The van der Waals surface area contributed by atoms with Gasteiger partial charge in [0.25, 0.3) is 0 Å². The summed E-state index contributed by atoms with van der Waals surface area (Å²) in [5.41, 5.74) is 4.68. The molecule has 1 fully saturated rings. The van der Waals surface area contributed by atoms with E-state index >= 15 is 0 Å². The smallest absolute Gasteiger partial charge is 0.00385 e. The van der Waals surface area contributed by atoms with Crippen LogP contribution >= 0.6 is 0 Å². The lowest BCUT2D eigenvalue weighted by Crippen LogP contribution is -2.37. The summed E-state index contributed by atoms with van der Waals surface area (Å²) in [4.78, 5) is 2.61. The van der Waals surface area contributed by atoms with Crippen molar-refractivity contribution in [2.45, 2.75) is 71.8 Å². The first-order chi connectivity index (χ1) is 9.52. The maximum Gasteiger partial charge on any atom is 0.00385 e. The van der Waals surface area contributed by atoms with Crippen molar-refractivity contribution >= 4 is 0 Å². The minimum Gasteiger partial charge on any atom is -0.301 e. The van der Waals surface area contributed by atoms with Crippen molar-refractivity contribution in [3.8, 4) is 0 Å². The summed E-state index contributed by atoms with van der Waals surface area (Å²) >= 11 is 0. The molecule has 0 aliphatic carbocycles. The minimum atomic E-state index is 0.641. The zero-order valence-electron chi connectivity index (χ0n) is 13.9. The van der Waals surface area contributed by atoms with E-state index in [4.69, 9.17) is 0 Å². The number of hydrogen-bond donors (Lipinski definition) is 0. The van der Waals surface area contributed by atoms with Crippen LogP contribution in [0.5, 0.6) is 0 Å². The molecule has 0 spiro atoms. The summed E-state index contributed by atoms with van der Waals surface area (Å²) in [6.07, 6.45) is 3.80. The molecule has 0 aromatic heterocycles. The molecular weight excluding hydrogens is 242 g/mol. The van der Waals surface area contributed by atoms with Crippen LogP contribution < -0.4 is 0 Å². The van der Waals surface area contributed by atoms with E-state index in [0.29, 0.717) is 12.0 Å². The number of rotatable bonds is 4. The topological polar surface area (TPSA) is 3.24 Å². The van der Waals surface area contributed by atoms with Gasteiger partial charge in [-0.25, -0.2) is 0 Å². The van der Waals surface area contributed by atoms with Gasteiger partial charge in [0.15, 0.2) is 0 Å². The maximum absolute atomic E-state index is 2.61. The van der Waals surface area contributed by atoms with E-state index in [1.165, 1.54) is 31.5 Å². The predicted molar refractivity (Wildman–Crippen MR) is 88.6 cm³/mol. The second kappa shape index (κ2) is 6.76. The van der Waals surface area contributed by atoms with Crippen molar-refractivity contribution in [1.82, 2.24) is 4.90 Å². The molecule has 1 aliphatic heterocycles. The third kappa shape index (κ3) is 3.44. The fourth-order valence-electron chi connectivity index (χ4n) is 3.50. The van der Waals surface area contributed by atoms with Gasteiger partial charge in [-0.15, -0.1) is 0 Å². The number of nitrogens with zero attached hydrogens (tertiary/aromatic N) is 1. The third-order valence-electron chi connectivity index (χ3n) is 4.90. The van der Waals surface area contributed by atoms with Gasteiger partial charge < -0.3 is 4.90 Å². The first kappa shape index (κ1) is 15.6. The molecule has 1 heteroatoms. The molecule has 20 heavy (non-hydrogen) atoms. The molecule has 0 amide bonds. The van der Waals surface area contributed by atoms with Crippen molar-refractivity contribution in [1.29, 1.82) is 0 Å². The van der Waals surface area contributed by atoms with Crippen LogP contribution in [0, 0.1) is 0 Å². The Morgan fingerprint density at radius 1 is 1.10 bits per heavy atom. The number of aryl methyl sites for hydroxylation is 1. The summed E-state index contributed by atoms with van der Waals surface area (Å²) in [5, 5.41) is 0. The molecule has 0 atom stereocenters. The minimum absolute atomic E-state index is 0.641. The SMILES string of the molecule is CCc1cc(C2CCN(C(C)C)CC2)ccc1C(C)C. The highest BCUT2D eigenvalue weighted by atomic mass is 15.1. The van der Waals surface area contributed by atoms with E-state index in [0.717, 1.165) is 12.3 Å². The Kier molecular flexibility index (Phi) is 5.26. The summed E-state index contributed by atoms with van der Waals surface area (Å²) in [7, 11) is 0. The molecule has 1 saturated heterocycles. The fraction of sp³-hybridized carbons (Fsp3) is 0.684. The number of likely N-dealkylation sites (tertiary alicyclic amines) is 1. The van der Waals surface area contributed by atoms with Crippen LogP contribution in [0.3, 0.4) is 0 Å². The normalized spacial score (nSPS) is 18.1. The van der Waals surface area contributed by atoms with Crippen LogP contribution in [0.15, 0.2) is 18.2 Å². The standard InChI is InChI=1S/C19H31N/c1-6-16-13-18(7-8-19(16)14(2)3)17-9-11-20(12-10-17)15(4)5/h7-8,13-15,17H,6,9-12H2,1-5H3. The number of hydrogen-bond acceptors (Lipinski definition) is 1. The maximum atomic E-state index is 2.61. The van der Waals surface area contributed by atoms with E-state index < -0.39 is 0 Å². The summed E-state index contributed by atoms with van der Waals surface area (Å²) in [5.74, 6) is 1.42. The van der Waals surface area contributed by atoms with Crippen molar-refractivity contribution in [3.05, 3.63) is 34.9 Å². The molecule has 2 rings (SSSR count). The van der Waals surface area contributed by atoms with Gasteiger partial charge in [-0.3, -0.25) is 0 Å². The molecule has 1 nitrogen and oxygen atoms in total. The Labute approximate surface area is 125 Å². The van der Waals surface area contributed by atoms with E-state index in [-0.39, 0.29) is 0 Å². The zero-order valence-corrected chi connectivity index (χ0v) is 13.9. The molecule has 1 heterocycles. The molecule has 0 N–H and O–H groups in total. The third-order valence-corrected chi connectivity index (χ3v) is 4.90. The Balaban J connectivity index is 2.10. The molecule has 1 aromatic rings. The quantitative estimate of drug-likeness (QED) is 0.749. The van der Waals surface area contributed by atoms with Gasteiger partial charge in [0.1, 0.15) is 0 Å². The molecule has 0 bridgehead atoms. The van der Waals surface area contributed by atoms with E-state index in [9.17, 15) is 0 Å². The van der Waals surface area contributed by atoms with Gasteiger partial charge in [-0.2, -0.15) is 0 Å². The lowest BCUT2D eigenvalue weighted by Gasteiger charge is -2.35. The lowest BCUT2D eigenvalue weighted by atomic mass is 9.85. The van der Waals surface area contributed by atoms with E-state index in [1.807, 2.05) is 0 Å². The van der Waals surface area contributed by atoms with Crippen LogP contribution in [0.1, 0.15) is 76.0 Å². The zero-order chi connectivity index (χ0) is 14.7. The van der Waals surface area contributed by atoms with Crippen molar-refractivity contribution in [3.63, 3.8) is 0 Å². The van der Waals surface area contributed by atoms with Crippen molar-refractivity contribution in [2.24, 2.45) is 0 Å². The molecule has 112 valence electrons. The molecule has 1 aliphatic rings. The molecular formula is C19H31N. The van der Waals surface area contributed by atoms with Gasteiger partial charge in [0.2, 0.25) is 0 Å². The van der Waals surface area contributed by atoms with Crippen molar-refractivity contribution in [2.75, 3.05) is 13.1 Å². The Hall–Kier alpha value is -0.820. The van der Waals surface area contributed by atoms with Gasteiger partial charge in [-0.05, 0) is 74.7 Å². The van der Waals surface area contributed by atoms with Gasteiger partial charge in [0.05, 0.1) is 0 Å².